The highest BCUT2D eigenvalue weighted by Crippen LogP contribution is 2.37. The zero-order valence-corrected chi connectivity index (χ0v) is 15.0. The van der Waals surface area contributed by atoms with Gasteiger partial charge in [-0.15, -0.1) is 10.2 Å². The van der Waals surface area contributed by atoms with Crippen LogP contribution in [-0.2, 0) is 17.7 Å². The maximum atomic E-state index is 5.56. The van der Waals surface area contributed by atoms with E-state index in [4.69, 9.17) is 9.47 Å². The highest BCUT2D eigenvalue weighted by atomic mass is 16.5. The number of benzene rings is 1. The Morgan fingerprint density at radius 3 is 2.80 bits per heavy atom. The van der Waals surface area contributed by atoms with Crippen molar-refractivity contribution in [2.75, 3.05) is 20.3 Å². The Morgan fingerprint density at radius 1 is 1.12 bits per heavy atom. The molecule has 1 aromatic carbocycles. The Bertz CT molecular complexity index is 707. The largest absolute Gasteiger partial charge is 0.496 e. The van der Waals surface area contributed by atoms with E-state index in [0.717, 1.165) is 50.6 Å². The van der Waals surface area contributed by atoms with Crippen molar-refractivity contribution in [1.29, 1.82) is 0 Å². The number of para-hydroxylation sites is 1. The molecule has 2 aromatic rings. The van der Waals surface area contributed by atoms with Crippen LogP contribution in [0.25, 0.3) is 0 Å². The normalized spacial score (nSPS) is 21.6. The molecule has 1 atom stereocenters. The third kappa shape index (κ3) is 3.43. The highest BCUT2D eigenvalue weighted by molar-refractivity contribution is 5.35. The molecule has 1 unspecified atom stereocenters. The highest BCUT2D eigenvalue weighted by Gasteiger charge is 2.31. The van der Waals surface area contributed by atoms with E-state index in [0.29, 0.717) is 11.8 Å². The fraction of sp³-hybridized carbons (Fsp3) is 0.600. The van der Waals surface area contributed by atoms with E-state index < -0.39 is 0 Å². The number of hydrogen-bond donors (Lipinski definition) is 0. The number of nitrogens with zero attached hydrogens (tertiary/aromatic N) is 3. The molecule has 0 N–H and O–H groups in total. The summed E-state index contributed by atoms with van der Waals surface area (Å²) in [6, 6.07) is 8.20. The van der Waals surface area contributed by atoms with Gasteiger partial charge in [-0.2, -0.15) is 0 Å². The van der Waals surface area contributed by atoms with Crippen LogP contribution in [0.2, 0.25) is 0 Å². The lowest BCUT2D eigenvalue weighted by Crippen LogP contribution is -2.24. The first-order valence-electron chi connectivity index (χ1n) is 9.48. The summed E-state index contributed by atoms with van der Waals surface area (Å²) in [5.41, 5.74) is 1.17. The molecule has 1 fully saturated rings. The van der Waals surface area contributed by atoms with Crippen molar-refractivity contribution in [1.82, 2.24) is 14.8 Å². The van der Waals surface area contributed by atoms with E-state index >= 15 is 0 Å². The van der Waals surface area contributed by atoms with Gasteiger partial charge in [-0.3, -0.25) is 0 Å². The topological polar surface area (TPSA) is 49.2 Å². The van der Waals surface area contributed by atoms with Gasteiger partial charge >= 0.3 is 0 Å². The average molecular weight is 341 g/mol. The lowest BCUT2D eigenvalue weighted by atomic mass is 9.82. The van der Waals surface area contributed by atoms with E-state index in [1.54, 1.807) is 7.11 Å². The molecule has 3 heterocycles. The van der Waals surface area contributed by atoms with Gasteiger partial charge in [0.1, 0.15) is 17.4 Å². The third-order valence-electron chi connectivity index (χ3n) is 5.71. The molecule has 5 nitrogen and oxygen atoms in total. The van der Waals surface area contributed by atoms with Crippen LogP contribution >= 0.6 is 0 Å². The number of hydrogen-bond acceptors (Lipinski definition) is 4. The number of ether oxygens (including phenoxy) is 2. The Morgan fingerprint density at radius 2 is 1.96 bits per heavy atom. The maximum Gasteiger partial charge on any atom is 0.137 e. The predicted octanol–water partition coefficient (Wildman–Crippen LogP) is 3.57. The van der Waals surface area contributed by atoms with Crippen molar-refractivity contribution in [3.8, 4) is 5.75 Å². The van der Waals surface area contributed by atoms with Crippen molar-refractivity contribution in [3.63, 3.8) is 0 Å². The standard InChI is InChI=1S/C20H27N3O2/c1-24-18-8-3-2-6-16(18)14-19-21-22-20-17(7-4-5-11-23(19)20)15-9-12-25-13-10-15/h2-3,6,8,15,17H,4-5,7,9-14H2,1H3. The van der Waals surface area contributed by atoms with E-state index in [9.17, 15) is 0 Å². The summed E-state index contributed by atoms with van der Waals surface area (Å²) in [5.74, 6) is 4.42. The molecule has 0 radical (unpaired) electrons. The summed E-state index contributed by atoms with van der Waals surface area (Å²) in [5, 5.41) is 9.24. The number of methoxy groups -OCH3 is 1. The zero-order valence-electron chi connectivity index (χ0n) is 15.0. The van der Waals surface area contributed by atoms with Crippen molar-refractivity contribution in [3.05, 3.63) is 41.5 Å². The molecular formula is C20H27N3O2. The summed E-state index contributed by atoms with van der Waals surface area (Å²) in [6.45, 7) is 2.82. The molecule has 2 aliphatic heterocycles. The fourth-order valence-electron chi connectivity index (χ4n) is 4.35. The van der Waals surface area contributed by atoms with E-state index in [2.05, 4.69) is 26.9 Å². The van der Waals surface area contributed by atoms with Gasteiger partial charge in [0.15, 0.2) is 0 Å². The second kappa shape index (κ2) is 7.56. The first-order valence-corrected chi connectivity index (χ1v) is 9.48. The summed E-state index contributed by atoms with van der Waals surface area (Å²) >= 11 is 0. The third-order valence-corrected chi connectivity index (χ3v) is 5.71. The second-order valence-corrected chi connectivity index (χ2v) is 7.17. The summed E-state index contributed by atoms with van der Waals surface area (Å²) in [4.78, 5) is 0. The lowest BCUT2D eigenvalue weighted by Gasteiger charge is -2.29. The molecule has 0 spiro atoms. The second-order valence-electron chi connectivity index (χ2n) is 7.17. The van der Waals surface area contributed by atoms with Crippen LogP contribution in [0, 0.1) is 5.92 Å². The van der Waals surface area contributed by atoms with Gasteiger partial charge in [0, 0.05) is 37.7 Å². The molecule has 0 amide bonds. The zero-order chi connectivity index (χ0) is 17.1. The Kier molecular flexibility index (Phi) is 5.02. The van der Waals surface area contributed by atoms with Gasteiger partial charge in [-0.1, -0.05) is 24.6 Å². The molecule has 2 aliphatic rings. The predicted molar refractivity (Wildman–Crippen MR) is 96.0 cm³/mol. The van der Waals surface area contributed by atoms with Crippen LogP contribution in [0.3, 0.4) is 0 Å². The monoisotopic (exact) mass is 341 g/mol. The van der Waals surface area contributed by atoms with E-state index in [-0.39, 0.29) is 0 Å². The maximum absolute atomic E-state index is 5.56. The van der Waals surface area contributed by atoms with Gasteiger partial charge in [-0.05, 0) is 37.7 Å². The molecule has 134 valence electrons. The minimum absolute atomic E-state index is 0.533. The molecule has 5 heteroatoms. The van der Waals surface area contributed by atoms with Crippen LogP contribution in [0.5, 0.6) is 5.75 Å². The Balaban J connectivity index is 1.62. The van der Waals surface area contributed by atoms with Crippen LogP contribution in [0.4, 0.5) is 0 Å². The molecule has 1 aromatic heterocycles. The minimum atomic E-state index is 0.533. The van der Waals surface area contributed by atoms with Gasteiger partial charge in [-0.25, -0.2) is 0 Å². The van der Waals surface area contributed by atoms with Gasteiger partial charge in [0.05, 0.1) is 7.11 Å². The van der Waals surface area contributed by atoms with Crippen LogP contribution in [0.15, 0.2) is 24.3 Å². The van der Waals surface area contributed by atoms with Crippen LogP contribution in [-0.4, -0.2) is 35.1 Å². The van der Waals surface area contributed by atoms with Gasteiger partial charge in [0.2, 0.25) is 0 Å². The summed E-state index contributed by atoms with van der Waals surface area (Å²) in [6.07, 6.45) is 6.80. The minimum Gasteiger partial charge on any atom is -0.496 e. The molecule has 0 saturated carbocycles. The molecule has 25 heavy (non-hydrogen) atoms. The number of fused-ring (bicyclic) bond motifs is 1. The molecule has 4 rings (SSSR count). The van der Waals surface area contributed by atoms with Gasteiger partial charge < -0.3 is 14.0 Å². The summed E-state index contributed by atoms with van der Waals surface area (Å²) in [7, 11) is 1.73. The first kappa shape index (κ1) is 16.6. The van der Waals surface area contributed by atoms with Crippen LogP contribution < -0.4 is 4.74 Å². The Labute approximate surface area is 149 Å². The van der Waals surface area contributed by atoms with E-state index in [1.807, 2.05) is 12.1 Å². The average Bonchev–Trinajstić information content (AvgIpc) is 2.93. The van der Waals surface area contributed by atoms with Crippen molar-refractivity contribution >= 4 is 0 Å². The molecule has 1 saturated heterocycles. The summed E-state index contributed by atoms with van der Waals surface area (Å²) < 4.78 is 13.5. The number of aromatic nitrogens is 3. The fourth-order valence-corrected chi connectivity index (χ4v) is 4.35. The molecule has 0 aliphatic carbocycles. The molecular weight excluding hydrogens is 314 g/mol. The molecule has 0 bridgehead atoms. The SMILES string of the molecule is COc1ccccc1Cc1nnc2n1CCCCC2C1CCOCC1. The first-order chi connectivity index (χ1) is 12.4. The van der Waals surface area contributed by atoms with Crippen molar-refractivity contribution in [2.45, 2.75) is 51.0 Å². The van der Waals surface area contributed by atoms with Crippen molar-refractivity contribution in [2.24, 2.45) is 5.92 Å². The smallest absolute Gasteiger partial charge is 0.137 e. The number of rotatable bonds is 4. The quantitative estimate of drug-likeness (QED) is 0.853. The van der Waals surface area contributed by atoms with Gasteiger partial charge in [0.25, 0.3) is 0 Å². The van der Waals surface area contributed by atoms with E-state index in [1.165, 1.54) is 30.7 Å². The Hall–Kier alpha value is -1.88. The van der Waals surface area contributed by atoms with Crippen molar-refractivity contribution < 1.29 is 9.47 Å². The lowest BCUT2D eigenvalue weighted by molar-refractivity contribution is 0.0556. The van der Waals surface area contributed by atoms with Crippen LogP contribution in [0.1, 0.15) is 55.2 Å².